The van der Waals surface area contributed by atoms with Gasteiger partial charge >= 0.3 is 0 Å². The highest BCUT2D eigenvalue weighted by Gasteiger charge is 2.26. The van der Waals surface area contributed by atoms with Gasteiger partial charge in [-0.05, 0) is 37.1 Å². The van der Waals surface area contributed by atoms with Crippen LogP contribution in [0.2, 0.25) is 0 Å². The Kier molecular flexibility index (Phi) is 3.89. The fourth-order valence-electron chi connectivity index (χ4n) is 2.54. The van der Waals surface area contributed by atoms with Gasteiger partial charge < -0.3 is 14.8 Å². The highest BCUT2D eigenvalue weighted by molar-refractivity contribution is 5.44. The Morgan fingerprint density at radius 3 is 2.89 bits per heavy atom. The van der Waals surface area contributed by atoms with Crippen LogP contribution in [0.1, 0.15) is 25.3 Å². The van der Waals surface area contributed by atoms with Gasteiger partial charge in [-0.2, -0.15) is 0 Å². The van der Waals surface area contributed by atoms with E-state index in [4.69, 9.17) is 9.47 Å². The summed E-state index contributed by atoms with van der Waals surface area (Å²) in [7, 11) is 0. The zero-order chi connectivity index (χ0) is 13.1. The van der Waals surface area contributed by atoms with E-state index in [1.165, 1.54) is 18.4 Å². The molecule has 1 aliphatic carbocycles. The van der Waals surface area contributed by atoms with Crippen LogP contribution < -0.4 is 14.8 Å². The monoisotopic (exact) mass is 262 g/mol. The Hall–Kier alpha value is -1.26. The molecule has 0 atom stereocenters. The summed E-state index contributed by atoms with van der Waals surface area (Å²) in [6.07, 6.45) is 2.77. The van der Waals surface area contributed by atoms with Crippen molar-refractivity contribution in [3.05, 3.63) is 23.8 Å². The van der Waals surface area contributed by atoms with Gasteiger partial charge in [0.1, 0.15) is 0 Å². The third-order valence-corrected chi connectivity index (χ3v) is 3.81. The molecule has 104 valence electrons. The number of hydrogen-bond acceptors (Lipinski definition) is 4. The van der Waals surface area contributed by atoms with Crippen molar-refractivity contribution in [2.24, 2.45) is 0 Å². The second kappa shape index (κ2) is 5.80. The third-order valence-electron chi connectivity index (χ3n) is 3.81. The van der Waals surface area contributed by atoms with Gasteiger partial charge in [0.25, 0.3) is 0 Å². The van der Waals surface area contributed by atoms with Gasteiger partial charge in [0.2, 0.25) is 6.79 Å². The van der Waals surface area contributed by atoms with Gasteiger partial charge in [-0.3, -0.25) is 4.90 Å². The van der Waals surface area contributed by atoms with Crippen molar-refractivity contribution in [1.82, 2.24) is 10.2 Å². The van der Waals surface area contributed by atoms with Gasteiger partial charge in [-0.1, -0.05) is 13.0 Å². The van der Waals surface area contributed by atoms with Crippen molar-refractivity contribution in [3.8, 4) is 11.5 Å². The molecule has 1 aliphatic heterocycles. The quantitative estimate of drug-likeness (QED) is 0.762. The molecule has 0 spiro atoms. The topological polar surface area (TPSA) is 33.7 Å². The first-order valence-corrected chi connectivity index (χ1v) is 7.20. The number of rotatable bonds is 7. The van der Waals surface area contributed by atoms with Gasteiger partial charge in [0.15, 0.2) is 11.5 Å². The normalized spacial score (nSPS) is 17.2. The fourth-order valence-corrected chi connectivity index (χ4v) is 2.54. The van der Waals surface area contributed by atoms with Gasteiger partial charge in [-0.25, -0.2) is 0 Å². The lowest BCUT2D eigenvalue weighted by atomic mass is 10.2. The van der Waals surface area contributed by atoms with Crippen LogP contribution in [0.25, 0.3) is 0 Å². The van der Waals surface area contributed by atoms with Crippen molar-refractivity contribution in [2.45, 2.75) is 32.4 Å². The Morgan fingerprint density at radius 1 is 1.26 bits per heavy atom. The molecule has 1 heterocycles. The largest absolute Gasteiger partial charge is 0.454 e. The van der Waals surface area contributed by atoms with E-state index < -0.39 is 0 Å². The Morgan fingerprint density at radius 2 is 2.11 bits per heavy atom. The zero-order valence-electron chi connectivity index (χ0n) is 11.5. The van der Waals surface area contributed by atoms with E-state index in [0.717, 1.165) is 43.7 Å². The Bertz CT molecular complexity index is 432. The van der Waals surface area contributed by atoms with Crippen molar-refractivity contribution in [2.75, 3.05) is 26.4 Å². The molecule has 1 saturated carbocycles. The first-order valence-electron chi connectivity index (χ1n) is 7.20. The summed E-state index contributed by atoms with van der Waals surface area (Å²) in [6, 6.07) is 7.01. The SMILES string of the molecule is CCN(CCNCc1ccc2c(c1)OCO2)C1CC1. The predicted octanol–water partition coefficient (Wildman–Crippen LogP) is 1.99. The van der Waals surface area contributed by atoms with Crippen LogP contribution in [0.5, 0.6) is 11.5 Å². The van der Waals surface area contributed by atoms with Crippen LogP contribution >= 0.6 is 0 Å². The van der Waals surface area contributed by atoms with Crippen LogP contribution in [0.4, 0.5) is 0 Å². The standard InChI is InChI=1S/C15H22N2O2/c1-2-17(13-4-5-13)8-7-16-10-12-3-6-14-15(9-12)19-11-18-14/h3,6,9,13,16H,2,4-5,7-8,10-11H2,1H3. The fraction of sp³-hybridized carbons (Fsp3) is 0.600. The molecule has 3 rings (SSSR count). The van der Waals surface area contributed by atoms with Crippen LogP contribution in [-0.4, -0.2) is 37.4 Å². The number of fused-ring (bicyclic) bond motifs is 1. The molecule has 19 heavy (non-hydrogen) atoms. The number of ether oxygens (including phenoxy) is 2. The molecule has 4 nitrogen and oxygen atoms in total. The van der Waals surface area contributed by atoms with Crippen LogP contribution in [-0.2, 0) is 6.54 Å². The Balaban J connectivity index is 1.42. The Labute approximate surface area is 114 Å². The summed E-state index contributed by atoms with van der Waals surface area (Å²) in [5.41, 5.74) is 1.25. The first kappa shape index (κ1) is 12.8. The summed E-state index contributed by atoms with van der Waals surface area (Å²) >= 11 is 0. The maximum atomic E-state index is 5.38. The lowest BCUT2D eigenvalue weighted by molar-refractivity contribution is 0.174. The van der Waals surface area contributed by atoms with Gasteiger partial charge in [0.05, 0.1) is 0 Å². The smallest absolute Gasteiger partial charge is 0.231 e. The number of benzene rings is 1. The molecular weight excluding hydrogens is 240 g/mol. The summed E-state index contributed by atoms with van der Waals surface area (Å²) in [5, 5.41) is 3.50. The van der Waals surface area contributed by atoms with Gasteiger partial charge in [-0.15, -0.1) is 0 Å². The van der Waals surface area contributed by atoms with E-state index in [2.05, 4.69) is 29.3 Å². The maximum Gasteiger partial charge on any atom is 0.231 e. The molecule has 1 aromatic rings. The average molecular weight is 262 g/mol. The number of likely N-dealkylation sites (N-methyl/N-ethyl adjacent to an activating group) is 1. The lowest BCUT2D eigenvalue weighted by Crippen LogP contribution is -2.33. The number of hydrogen-bond donors (Lipinski definition) is 1. The van der Waals surface area contributed by atoms with Crippen molar-refractivity contribution >= 4 is 0 Å². The van der Waals surface area contributed by atoms with Crippen molar-refractivity contribution in [1.29, 1.82) is 0 Å². The van der Waals surface area contributed by atoms with E-state index >= 15 is 0 Å². The van der Waals surface area contributed by atoms with E-state index in [1.54, 1.807) is 0 Å². The molecule has 0 aromatic heterocycles. The molecule has 1 fully saturated rings. The minimum Gasteiger partial charge on any atom is -0.454 e. The molecule has 1 aromatic carbocycles. The van der Waals surface area contributed by atoms with Crippen molar-refractivity contribution < 1.29 is 9.47 Å². The summed E-state index contributed by atoms with van der Waals surface area (Å²) in [5.74, 6) is 1.72. The molecule has 0 bridgehead atoms. The first-order chi connectivity index (χ1) is 9.36. The minimum atomic E-state index is 0.346. The molecular formula is C15H22N2O2. The third kappa shape index (κ3) is 3.19. The molecule has 0 radical (unpaired) electrons. The molecule has 4 heteroatoms. The van der Waals surface area contributed by atoms with Crippen molar-refractivity contribution in [3.63, 3.8) is 0 Å². The minimum absolute atomic E-state index is 0.346. The van der Waals surface area contributed by atoms with E-state index in [9.17, 15) is 0 Å². The van der Waals surface area contributed by atoms with E-state index in [1.807, 2.05) is 6.07 Å². The molecule has 1 N–H and O–H groups in total. The van der Waals surface area contributed by atoms with Gasteiger partial charge in [0, 0.05) is 25.7 Å². The second-order valence-electron chi connectivity index (χ2n) is 5.22. The van der Waals surface area contributed by atoms with Crippen LogP contribution in [0.15, 0.2) is 18.2 Å². The molecule has 0 saturated heterocycles. The molecule has 2 aliphatic rings. The summed E-state index contributed by atoms with van der Waals surface area (Å²) < 4.78 is 10.7. The summed E-state index contributed by atoms with van der Waals surface area (Å²) in [6.45, 7) is 6.83. The highest BCUT2D eigenvalue weighted by atomic mass is 16.7. The van der Waals surface area contributed by atoms with E-state index in [0.29, 0.717) is 6.79 Å². The average Bonchev–Trinajstić information content (AvgIpc) is 3.16. The van der Waals surface area contributed by atoms with Crippen LogP contribution in [0, 0.1) is 0 Å². The maximum absolute atomic E-state index is 5.38. The highest BCUT2D eigenvalue weighted by Crippen LogP contribution is 2.32. The summed E-state index contributed by atoms with van der Waals surface area (Å²) in [4.78, 5) is 2.56. The predicted molar refractivity (Wildman–Crippen MR) is 74.5 cm³/mol. The molecule has 0 unspecified atom stereocenters. The molecule has 0 amide bonds. The number of nitrogens with one attached hydrogen (secondary N) is 1. The lowest BCUT2D eigenvalue weighted by Gasteiger charge is -2.19. The second-order valence-corrected chi connectivity index (χ2v) is 5.22. The zero-order valence-corrected chi connectivity index (χ0v) is 11.5. The number of nitrogens with zero attached hydrogens (tertiary/aromatic N) is 1. The van der Waals surface area contributed by atoms with Crippen LogP contribution in [0.3, 0.4) is 0 Å². The van der Waals surface area contributed by atoms with E-state index in [-0.39, 0.29) is 0 Å².